The number of nitrogens with zero attached hydrogens (tertiary/aromatic N) is 3. The molecule has 6 nitrogen and oxygen atoms in total. The second-order valence-electron chi connectivity index (χ2n) is 7.92. The summed E-state index contributed by atoms with van der Waals surface area (Å²) in [7, 11) is 1.67. The van der Waals surface area contributed by atoms with E-state index < -0.39 is 0 Å². The average Bonchev–Trinajstić information content (AvgIpc) is 2.84. The first-order valence-electron chi connectivity index (χ1n) is 10.9. The van der Waals surface area contributed by atoms with Gasteiger partial charge in [-0.1, -0.05) is 42.5 Å². The summed E-state index contributed by atoms with van der Waals surface area (Å²) < 4.78 is 11.7. The summed E-state index contributed by atoms with van der Waals surface area (Å²) in [5.74, 6) is 1.75. The molecule has 3 aromatic rings. The Labute approximate surface area is 189 Å². The van der Waals surface area contributed by atoms with Crippen molar-refractivity contribution in [1.29, 1.82) is 0 Å². The summed E-state index contributed by atoms with van der Waals surface area (Å²) in [5, 5.41) is 0. The highest BCUT2D eigenvalue weighted by atomic mass is 16.5. The van der Waals surface area contributed by atoms with Gasteiger partial charge in [-0.2, -0.15) is 0 Å². The number of pyridine rings is 1. The van der Waals surface area contributed by atoms with Crippen LogP contribution in [-0.4, -0.2) is 47.4 Å². The van der Waals surface area contributed by atoms with E-state index in [0.717, 1.165) is 48.0 Å². The number of methoxy groups -OCH3 is 1. The monoisotopic (exact) mass is 431 g/mol. The van der Waals surface area contributed by atoms with E-state index in [4.69, 9.17) is 9.47 Å². The van der Waals surface area contributed by atoms with Gasteiger partial charge in [0, 0.05) is 50.4 Å². The van der Waals surface area contributed by atoms with E-state index in [-0.39, 0.29) is 11.9 Å². The molecule has 166 valence electrons. The molecule has 4 rings (SSSR count). The number of hydrogen-bond acceptors (Lipinski definition) is 5. The summed E-state index contributed by atoms with van der Waals surface area (Å²) in [6.45, 7) is 5.03. The minimum absolute atomic E-state index is 0.0565. The number of benzene rings is 2. The highest BCUT2D eigenvalue weighted by molar-refractivity contribution is 5.74. The number of amides is 1. The maximum atomic E-state index is 12.4. The molecule has 0 N–H and O–H groups in total. The third-order valence-electron chi connectivity index (χ3n) is 5.84. The molecule has 0 radical (unpaired) electrons. The summed E-state index contributed by atoms with van der Waals surface area (Å²) >= 11 is 0. The van der Waals surface area contributed by atoms with E-state index in [2.05, 4.69) is 16.0 Å². The lowest BCUT2D eigenvalue weighted by atomic mass is 10.0. The molecule has 32 heavy (non-hydrogen) atoms. The van der Waals surface area contributed by atoms with Crippen LogP contribution in [0, 0.1) is 0 Å². The smallest absolute Gasteiger partial charge is 0.220 e. The summed E-state index contributed by atoms with van der Waals surface area (Å²) in [5.41, 5.74) is 3.06. The Bertz CT molecular complexity index is 1040. The van der Waals surface area contributed by atoms with Crippen molar-refractivity contribution in [2.24, 2.45) is 0 Å². The van der Waals surface area contributed by atoms with Crippen molar-refractivity contribution in [3.05, 3.63) is 89.7 Å². The molecule has 2 aromatic carbocycles. The fourth-order valence-corrected chi connectivity index (χ4v) is 4.22. The van der Waals surface area contributed by atoms with Crippen molar-refractivity contribution in [3.63, 3.8) is 0 Å². The van der Waals surface area contributed by atoms with Crippen molar-refractivity contribution in [2.75, 3.05) is 26.7 Å². The van der Waals surface area contributed by atoms with E-state index >= 15 is 0 Å². The molecule has 1 aliphatic heterocycles. The summed E-state index contributed by atoms with van der Waals surface area (Å²) in [4.78, 5) is 21.0. The van der Waals surface area contributed by atoms with Crippen LogP contribution in [0.15, 0.2) is 72.9 Å². The zero-order valence-electron chi connectivity index (χ0n) is 18.6. The van der Waals surface area contributed by atoms with E-state index in [0.29, 0.717) is 13.2 Å². The molecule has 0 spiro atoms. The quantitative estimate of drug-likeness (QED) is 0.564. The number of aromatic nitrogens is 1. The molecule has 1 fully saturated rings. The molecule has 2 heterocycles. The molecule has 6 heteroatoms. The Morgan fingerprint density at radius 2 is 1.75 bits per heavy atom. The molecule has 1 atom stereocenters. The average molecular weight is 432 g/mol. The Morgan fingerprint density at radius 1 is 1.00 bits per heavy atom. The zero-order chi connectivity index (χ0) is 22.3. The van der Waals surface area contributed by atoms with Gasteiger partial charge in [-0.3, -0.25) is 14.7 Å². The van der Waals surface area contributed by atoms with E-state index in [1.54, 1.807) is 20.2 Å². The van der Waals surface area contributed by atoms with Crippen LogP contribution in [0.4, 0.5) is 0 Å². The van der Waals surface area contributed by atoms with Crippen LogP contribution in [0.25, 0.3) is 0 Å². The third kappa shape index (κ3) is 5.08. The topological polar surface area (TPSA) is 54.9 Å². The Hall–Kier alpha value is -3.38. The highest BCUT2D eigenvalue weighted by Gasteiger charge is 2.31. The fourth-order valence-electron chi connectivity index (χ4n) is 4.22. The lowest BCUT2D eigenvalue weighted by Crippen LogP contribution is -2.49. The van der Waals surface area contributed by atoms with Crippen molar-refractivity contribution < 1.29 is 14.3 Å². The molecule has 0 saturated carbocycles. The first-order valence-corrected chi connectivity index (χ1v) is 10.9. The maximum absolute atomic E-state index is 12.4. The Balaban J connectivity index is 1.51. The second-order valence-corrected chi connectivity index (χ2v) is 7.92. The van der Waals surface area contributed by atoms with Gasteiger partial charge in [-0.15, -0.1) is 0 Å². The van der Waals surface area contributed by atoms with Crippen molar-refractivity contribution in [3.8, 4) is 11.5 Å². The van der Waals surface area contributed by atoms with Crippen LogP contribution >= 0.6 is 0 Å². The number of para-hydroxylation sites is 2. The van der Waals surface area contributed by atoms with Gasteiger partial charge in [0.1, 0.15) is 18.1 Å². The largest absolute Gasteiger partial charge is 0.496 e. The molecule has 1 amide bonds. The Morgan fingerprint density at radius 3 is 2.50 bits per heavy atom. The number of rotatable bonds is 7. The van der Waals surface area contributed by atoms with Crippen LogP contribution in [-0.2, 0) is 17.9 Å². The number of piperazine rings is 1. The molecule has 1 aliphatic rings. The highest BCUT2D eigenvalue weighted by Crippen LogP contribution is 2.33. The van der Waals surface area contributed by atoms with Gasteiger partial charge in [0.15, 0.2) is 0 Å². The minimum atomic E-state index is -0.0565. The Kier molecular flexibility index (Phi) is 7.02. The predicted molar refractivity (Wildman–Crippen MR) is 123 cm³/mol. The fraction of sp³-hybridized carbons (Fsp3) is 0.308. The van der Waals surface area contributed by atoms with Crippen LogP contribution in [0.1, 0.15) is 29.8 Å². The van der Waals surface area contributed by atoms with Crippen molar-refractivity contribution in [1.82, 2.24) is 14.8 Å². The molecule has 0 unspecified atom stereocenters. The molecule has 0 bridgehead atoms. The maximum Gasteiger partial charge on any atom is 0.220 e. The standard InChI is InChI=1S/C26H29N3O3/c1-20(30)29-16-15-28(18-24(29)23-11-4-6-13-26(23)31-2)17-21-9-3-5-12-25(21)32-19-22-10-7-8-14-27-22/h3-14,24H,15-19H2,1-2H3/t24-/m1/s1. The lowest BCUT2D eigenvalue weighted by Gasteiger charge is -2.41. The normalized spacial score (nSPS) is 16.6. The van der Waals surface area contributed by atoms with Gasteiger partial charge >= 0.3 is 0 Å². The van der Waals surface area contributed by atoms with E-state index in [9.17, 15) is 4.79 Å². The van der Waals surface area contributed by atoms with Gasteiger partial charge in [0.2, 0.25) is 5.91 Å². The van der Waals surface area contributed by atoms with E-state index in [1.807, 2.05) is 65.6 Å². The molecule has 1 saturated heterocycles. The van der Waals surface area contributed by atoms with Crippen LogP contribution in [0.2, 0.25) is 0 Å². The molecule has 1 aromatic heterocycles. The molecular formula is C26H29N3O3. The number of ether oxygens (including phenoxy) is 2. The SMILES string of the molecule is COc1ccccc1[C@H]1CN(Cc2ccccc2OCc2ccccn2)CCN1C(C)=O. The van der Waals surface area contributed by atoms with Crippen LogP contribution < -0.4 is 9.47 Å². The number of carbonyl (C=O) groups is 1. The van der Waals surface area contributed by atoms with Crippen LogP contribution in [0.5, 0.6) is 11.5 Å². The molecule has 0 aliphatic carbocycles. The summed E-state index contributed by atoms with van der Waals surface area (Å²) in [6, 6.07) is 21.8. The van der Waals surface area contributed by atoms with Gasteiger partial charge in [0.25, 0.3) is 0 Å². The minimum Gasteiger partial charge on any atom is -0.496 e. The van der Waals surface area contributed by atoms with Crippen LogP contribution in [0.3, 0.4) is 0 Å². The number of carbonyl (C=O) groups excluding carboxylic acids is 1. The second kappa shape index (κ2) is 10.3. The molecular weight excluding hydrogens is 402 g/mol. The van der Waals surface area contributed by atoms with E-state index in [1.165, 1.54) is 0 Å². The van der Waals surface area contributed by atoms with Crippen molar-refractivity contribution in [2.45, 2.75) is 26.1 Å². The zero-order valence-corrected chi connectivity index (χ0v) is 18.6. The third-order valence-corrected chi connectivity index (χ3v) is 5.84. The summed E-state index contributed by atoms with van der Waals surface area (Å²) in [6.07, 6.45) is 1.77. The number of hydrogen-bond donors (Lipinski definition) is 0. The van der Waals surface area contributed by atoms with Gasteiger partial charge in [0.05, 0.1) is 18.8 Å². The predicted octanol–water partition coefficient (Wildman–Crippen LogP) is 4.07. The first kappa shape index (κ1) is 21.8. The van der Waals surface area contributed by atoms with Gasteiger partial charge in [-0.05, 0) is 24.3 Å². The van der Waals surface area contributed by atoms with Gasteiger partial charge < -0.3 is 14.4 Å². The van der Waals surface area contributed by atoms with Crippen molar-refractivity contribution >= 4 is 5.91 Å². The first-order chi connectivity index (χ1) is 15.7. The lowest BCUT2D eigenvalue weighted by molar-refractivity contribution is -0.134. The van der Waals surface area contributed by atoms with Gasteiger partial charge in [-0.25, -0.2) is 0 Å².